The molecule has 0 spiro atoms. The van der Waals surface area contributed by atoms with Crippen molar-refractivity contribution < 1.29 is 14.3 Å². The minimum absolute atomic E-state index is 0.264. The van der Waals surface area contributed by atoms with Crippen LogP contribution >= 0.6 is 27.5 Å². The van der Waals surface area contributed by atoms with Gasteiger partial charge < -0.3 is 14.8 Å². The molecule has 1 aromatic carbocycles. The van der Waals surface area contributed by atoms with Gasteiger partial charge in [0, 0.05) is 12.1 Å². The Balaban J connectivity index is 3.01. The Morgan fingerprint density at radius 1 is 1.47 bits per heavy atom. The number of carbonyl (C=O) groups excluding carboxylic acids is 1. The molecule has 17 heavy (non-hydrogen) atoms. The highest BCUT2D eigenvalue weighted by atomic mass is 79.9. The van der Waals surface area contributed by atoms with Crippen molar-refractivity contribution in [2.75, 3.05) is 19.5 Å². The molecule has 0 aliphatic carbocycles. The highest BCUT2D eigenvalue weighted by Gasteiger charge is 2.16. The Morgan fingerprint density at radius 2 is 2.12 bits per heavy atom. The van der Waals surface area contributed by atoms with Crippen molar-refractivity contribution in [1.82, 2.24) is 0 Å². The molecule has 0 saturated heterocycles. The average molecular weight is 323 g/mol. The van der Waals surface area contributed by atoms with E-state index in [1.807, 2.05) is 0 Å². The van der Waals surface area contributed by atoms with E-state index in [-0.39, 0.29) is 5.91 Å². The Hall–Kier alpha value is -0.780. The lowest BCUT2D eigenvalue weighted by atomic mass is 10.2. The molecular formula is C11H13BrClNO3. The van der Waals surface area contributed by atoms with Gasteiger partial charge in [0.1, 0.15) is 6.10 Å². The zero-order valence-electron chi connectivity index (χ0n) is 9.71. The van der Waals surface area contributed by atoms with Gasteiger partial charge in [0.2, 0.25) is 0 Å². The van der Waals surface area contributed by atoms with Crippen LogP contribution in [0.1, 0.15) is 6.92 Å². The molecule has 0 heterocycles. The van der Waals surface area contributed by atoms with E-state index in [9.17, 15) is 4.79 Å². The van der Waals surface area contributed by atoms with E-state index >= 15 is 0 Å². The van der Waals surface area contributed by atoms with Crippen molar-refractivity contribution in [2.45, 2.75) is 13.0 Å². The molecule has 1 atom stereocenters. The van der Waals surface area contributed by atoms with E-state index in [4.69, 9.17) is 21.1 Å². The molecule has 0 aliphatic heterocycles. The number of amides is 1. The van der Waals surface area contributed by atoms with Crippen molar-refractivity contribution in [3.8, 4) is 5.75 Å². The number of methoxy groups -OCH3 is 2. The van der Waals surface area contributed by atoms with Crippen molar-refractivity contribution >= 4 is 39.1 Å². The molecule has 1 aromatic rings. The summed E-state index contributed by atoms with van der Waals surface area (Å²) >= 11 is 9.22. The fourth-order valence-corrected chi connectivity index (χ4v) is 2.17. The zero-order chi connectivity index (χ0) is 13.0. The van der Waals surface area contributed by atoms with E-state index in [2.05, 4.69) is 21.2 Å². The van der Waals surface area contributed by atoms with Gasteiger partial charge in [-0.3, -0.25) is 4.79 Å². The molecular weight excluding hydrogens is 309 g/mol. The highest BCUT2D eigenvalue weighted by Crippen LogP contribution is 2.36. The van der Waals surface area contributed by atoms with E-state index in [1.54, 1.807) is 19.1 Å². The summed E-state index contributed by atoms with van der Waals surface area (Å²) in [6, 6.07) is 3.31. The smallest absolute Gasteiger partial charge is 0.253 e. The van der Waals surface area contributed by atoms with Crippen molar-refractivity contribution in [3.05, 3.63) is 21.6 Å². The number of hydrogen-bond donors (Lipinski definition) is 1. The molecule has 0 aromatic heterocycles. The normalized spacial score (nSPS) is 12.1. The zero-order valence-corrected chi connectivity index (χ0v) is 12.1. The summed E-state index contributed by atoms with van der Waals surface area (Å²) in [6.45, 7) is 1.65. The number of rotatable bonds is 4. The third kappa shape index (κ3) is 3.59. The van der Waals surface area contributed by atoms with E-state index in [0.717, 1.165) is 0 Å². The van der Waals surface area contributed by atoms with Crippen molar-refractivity contribution in [2.24, 2.45) is 0 Å². The minimum Gasteiger partial charge on any atom is -0.493 e. The third-order valence-corrected chi connectivity index (χ3v) is 3.00. The first-order valence-corrected chi connectivity index (χ1v) is 6.03. The van der Waals surface area contributed by atoms with Crippen LogP contribution in [-0.2, 0) is 9.53 Å². The number of ether oxygens (including phenoxy) is 2. The number of halogens is 2. The van der Waals surface area contributed by atoms with Crippen molar-refractivity contribution in [3.63, 3.8) is 0 Å². The Labute approximate surface area is 113 Å². The fourth-order valence-electron chi connectivity index (χ4n) is 1.20. The van der Waals surface area contributed by atoms with Gasteiger partial charge in [0.25, 0.3) is 5.91 Å². The topological polar surface area (TPSA) is 47.6 Å². The summed E-state index contributed by atoms with van der Waals surface area (Å²) in [7, 11) is 2.98. The maximum Gasteiger partial charge on any atom is 0.253 e. The lowest BCUT2D eigenvalue weighted by Crippen LogP contribution is -2.26. The van der Waals surface area contributed by atoms with Gasteiger partial charge in [0.05, 0.1) is 17.3 Å². The predicted octanol–water partition coefficient (Wildman–Crippen LogP) is 3.08. The van der Waals surface area contributed by atoms with Crippen LogP contribution in [0.15, 0.2) is 16.6 Å². The second kappa shape index (κ2) is 6.23. The quantitative estimate of drug-likeness (QED) is 0.926. The first kappa shape index (κ1) is 14.3. The second-order valence-electron chi connectivity index (χ2n) is 3.34. The summed E-state index contributed by atoms with van der Waals surface area (Å²) in [6.07, 6.45) is -0.544. The minimum atomic E-state index is -0.544. The molecule has 0 radical (unpaired) electrons. The molecule has 0 saturated carbocycles. The number of benzene rings is 1. The van der Waals surface area contributed by atoms with Gasteiger partial charge in [-0.2, -0.15) is 0 Å². The van der Waals surface area contributed by atoms with Gasteiger partial charge >= 0.3 is 0 Å². The predicted molar refractivity (Wildman–Crippen MR) is 70.8 cm³/mol. The van der Waals surface area contributed by atoms with E-state index in [0.29, 0.717) is 20.9 Å². The monoisotopic (exact) mass is 321 g/mol. The largest absolute Gasteiger partial charge is 0.493 e. The number of anilines is 1. The Morgan fingerprint density at radius 3 is 2.65 bits per heavy atom. The molecule has 0 aliphatic rings. The molecule has 6 heteroatoms. The molecule has 4 nitrogen and oxygen atoms in total. The van der Waals surface area contributed by atoms with Gasteiger partial charge in [-0.05, 0) is 35.0 Å². The molecule has 1 unspecified atom stereocenters. The molecule has 0 fully saturated rings. The van der Waals surface area contributed by atoms with Gasteiger partial charge in [-0.1, -0.05) is 11.6 Å². The van der Waals surface area contributed by atoms with Crippen LogP contribution in [0.25, 0.3) is 0 Å². The lowest BCUT2D eigenvalue weighted by molar-refractivity contribution is -0.124. The van der Waals surface area contributed by atoms with Crippen LogP contribution in [-0.4, -0.2) is 26.2 Å². The van der Waals surface area contributed by atoms with Crippen LogP contribution in [0, 0.1) is 0 Å². The Bertz CT molecular complexity index is 425. The number of carbonyl (C=O) groups is 1. The number of hydrogen-bond acceptors (Lipinski definition) is 3. The second-order valence-corrected chi connectivity index (χ2v) is 4.63. The van der Waals surface area contributed by atoms with Gasteiger partial charge in [0.15, 0.2) is 5.75 Å². The maximum atomic E-state index is 11.7. The van der Waals surface area contributed by atoms with E-state index < -0.39 is 6.10 Å². The van der Waals surface area contributed by atoms with Gasteiger partial charge in [-0.15, -0.1) is 0 Å². The third-order valence-electron chi connectivity index (χ3n) is 2.19. The fraction of sp³-hybridized carbons (Fsp3) is 0.364. The van der Waals surface area contributed by atoms with Crippen LogP contribution in [0.3, 0.4) is 0 Å². The van der Waals surface area contributed by atoms with Crippen LogP contribution in [0.2, 0.25) is 5.02 Å². The summed E-state index contributed by atoms with van der Waals surface area (Å²) in [5.74, 6) is 0.256. The summed E-state index contributed by atoms with van der Waals surface area (Å²) in [4.78, 5) is 11.7. The summed E-state index contributed by atoms with van der Waals surface area (Å²) in [5.41, 5.74) is 0.501. The molecule has 94 valence electrons. The number of nitrogens with one attached hydrogen (secondary N) is 1. The highest BCUT2D eigenvalue weighted by molar-refractivity contribution is 9.10. The Kier molecular flexibility index (Phi) is 5.24. The molecule has 1 amide bonds. The van der Waals surface area contributed by atoms with E-state index in [1.165, 1.54) is 14.2 Å². The molecule has 1 rings (SSSR count). The van der Waals surface area contributed by atoms with Crippen LogP contribution in [0.4, 0.5) is 5.69 Å². The molecule has 0 bridgehead atoms. The SMILES string of the molecule is COc1c(Br)cc(Cl)cc1NC(=O)C(C)OC. The average Bonchev–Trinajstić information content (AvgIpc) is 2.27. The van der Waals surface area contributed by atoms with Crippen LogP contribution in [0.5, 0.6) is 5.75 Å². The first-order valence-electron chi connectivity index (χ1n) is 4.86. The van der Waals surface area contributed by atoms with Crippen molar-refractivity contribution in [1.29, 1.82) is 0 Å². The maximum absolute atomic E-state index is 11.7. The summed E-state index contributed by atoms with van der Waals surface area (Å²) < 4.78 is 10.8. The lowest BCUT2D eigenvalue weighted by Gasteiger charge is -2.14. The summed E-state index contributed by atoms with van der Waals surface area (Å²) in [5, 5.41) is 3.19. The standard InChI is InChI=1S/C11H13BrClNO3/c1-6(16-2)11(15)14-9-5-7(13)4-8(12)10(9)17-3/h4-6H,1-3H3,(H,14,15). The first-order chi connectivity index (χ1) is 7.99. The van der Waals surface area contributed by atoms with Crippen LogP contribution < -0.4 is 10.1 Å². The molecule has 1 N–H and O–H groups in total. The van der Waals surface area contributed by atoms with Gasteiger partial charge in [-0.25, -0.2) is 0 Å².